The smallest absolute Gasteiger partial charge is 0.158 e. The zero-order chi connectivity index (χ0) is 19.6. The average Bonchev–Trinajstić information content (AvgIpc) is 3.46. The van der Waals surface area contributed by atoms with E-state index in [1.165, 1.54) is 50.9 Å². The van der Waals surface area contributed by atoms with Crippen molar-refractivity contribution in [1.29, 1.82) is 0 Å². The molecule has 0 radical (unpaired) electrons. The Balaban J connectivity index is 0.00000218. The third-order valence-corrected chi connectivity index (χ3v) is 6.27. The monoisotopic (exact) mass is 407 g/mol. The molecule has 1 N–H and O–H groups in total. The second-order valence-corrected chi connectivity index (χ2v) is 8.00. The molecular weight excluding hydrogens is 377 g/mol. The number of nitrogens with zero attached hydrogens (tertiary/aromatic N) is 4. The van der Waals surface area contributed by atoms with Crippen molar-refractivity contribution >= 4 is 5.82 Å². The highest BCUT2D eigenvalue weighted by atomic mass is 19.1. The fraction of sp³-hybridized carbons (Fsp3) is 0.417. The van der Waals surface area contributed by atoms with Gasteiger partial charge < -0.3 is 9.80 Å². The molecular formula is C24H30FN5. The van der Waals surface area contributed by atoms with Gasteiger partial charge in [-0.25, -0.2) is 4.39 Å². The van der Waals surface area contributed by atoms with Crippen molar-refractivity contribution in [2.45, 2.75) is 39.2 Å². The molecule has 4 heterocycles. The molecule has 5 rings (SSSR count). The molecule has 2 aliphatic rings. The summed E-state index contributed by atoms with van der Waals surface area (Å²) in [5.74, 6) is 0.748. The van der Waals surface area contributed by atoms with Gasteiger partial charge in [0.25, 0.3) is 0 Å². The maximum Gasteiger partial charge on any atom is 0.158 e. The van der Waals surface area contributed by atoms with Crippen LogP contribution in [0.3, 0.4) is 0 Å². The first-order chi connectivity index (χ1) is 14.3. The lowest BCUT2D eigenvalue weighted by Crippen LogP contribution is -2.44. The van der Waals surface area contributed by atoms with Gasteiger partial charge in [-0.1, -0.05) is 7.43 Å². The molecule has 2 aliphatic heterocycles. The lowest BCUT2D eigenvalue weighted by molar-refractivity contribution is 0.207. The molecule has 2 aromatic heterocycles. The van der Waals surface area contributed by atoms with E-state index in [2.05, 4.69) is 19.9 Å². The zero-order valence-electron chi connectivity index (χ0n) is 16.5. The Morgan fingerprint density at radius 1 is 0.867 bits per heavy atom. The van der Waals surface area contributed by atoms with E-state index in [9.17, 15) is 4.39 Å². The van der Waals surface area contributed by atoms with Crippen LogP contribution >= 0.6 is 0 Å². The number of aromatic amines is 1. The number of aromatic nitrogens is 3. The van der Waals surface area contributed by atoms with Gasteiger partial charge >= 0.3 is 0 Å². The fourth-order valence-electron chi connectivity index (χ4n) is 4.73. The van der Waals surface area contributed by atoms with E-state index in [-0.39, 0.29) is 13.2 Å². The number of halogens is 1. The highest BCUT2D eigenvalue weighted by molar-refractivity contribution is 5.89. The van der Waals surface area contributed by atoms with Gasteiger partial charge in [0.2, 0.25) is 0 Å². The van der Waals surface area contributed by atoms with Gasteiger partial charge in [-0.2, -0.15) is 5.10 Å². The predicted octanol–water partition coefficient (Wildman–Crippen LogP) is 4.98. The zero-order valence-corrected chi connectivity index (χ0v) is 16.5. The number of hydrogen-bond acceptors (Lipinski definition) is 4. The lowest BCUT2D eigenvalue weighted by Gasteiger charge is -2.37. The van der Waals surface area contributed by atoms with Gasteiger partial charge in [-0.3, -0.25) is 10.1 Å². The topological polar surface area (TPSA) is 48.1 Å². The van der Waals surface area contributed by atoms with E-state index in [0.29, 0.717) is 6.04 Å². The number of benzene rings is 1. The summed E-state index contributed by atoms with van der Waals surface area (Å²) in [6.45, 7) is 4.52. The van der Waals surface area contributed by atoms with Crippen molar-refractivity contribution in [3.05, 3.63) is 54.6 Å². The van der Waals surface area contributed by atoms with Crippen LogP contribution in [0.15, 0.2) is 48.8 Å². The van der Waals surface area contributed by atoms with Gasteiger partial charge in [-0.05, 0) is 80.7 Å². The molecule has 0 bridgehead atoms. The molecule has 0 saturated carbocycles. The molecule has 0 atom stereocenters. The van der Waals surface area contributed by atoms with Crippen LogP contribution < -0.4 is 4.90 Å². The van der Waals surface area contributed by atoms with Crippen molar-refractivity contribution in [3.8, 4) is 22.4 Å². The molecule has 158 valence electrons. The second kappa shape index (κ2) is 8.96. The largest absolute Gasteiger partial charge is 0.355 e. The summed E-state index contributed by atoms with van der Waals surface area (Å²) in [5.41, 5.74) is 4.00. The molecule has 30 heavy (non-hydrogen) atoms. The average molecular weight is 408 g/mol. The summed E-state index contributed by atoms with van der Waals surface area (Å²) in [4.78, 5) is 9.22. The Labute approximate surface area is 177 Å². The SMILES string of the molecule is C.Fc1ccc(-c2[nH]nc(N3CCC(N4CCCC4)CC3)c2-c2ccncc2)cc1. The Kier molecular flexibility index (Phi) is 6.13. The normalized spacial score (nSPS) is 17.8. The molecule has 5 nitrogen and oxygen atoms in total. The summed E-state index contributed by atoms with van der Waals surface area (Å²) in [6, 6.07) is 11.3. The molecule has 6 heteroatoms. The van der Waals surface area contributed by atoms with Crippen molar-refractivity contribution in [3.63, 3.8) is 0 Å². The van der Waals surface area contributed by atoms with Crippen molar-refractivity contribution in [1.82, 2.24) is 20.1 Å². The van der Waals surface area contributed by atoms with Crippen LogP contribution in [0.2, 0.25) is 0 Å². The van der Waals surface area contributed by atoms with Crippen molar-refractivity contribution < 1.29 is 4.39 Å². The number of anilines is 1. The summed E-state index contributed by atoms with van der Waals surface area (Å²) in [5, 5.41) is 7.94. The van der Waals surface area contributed by atoms with Gasteiger partial charge in [0.05, 0.1) is 11.3 Å². The lowest BCUT2D eigenvalue weighted by atomic mass is 9.99. The highest BCUT2D eigenvalue weighted by Crippen LogP contribution is 2.39. The van der Waals surface area contributed by atoms with Crippen LogP contribution in [0.1, 0.15) is 33.1 Å². The third-order valence-electron chi connectivity index (χ3n) is 6.27. The van der Waals surface area contributed by atoms with E-state index in [1.54, 1.807) is 24.5 Å². The van der Waals surface area contributed by atoms with Gasteiger partial charge in [0, 0.05) is 37.1 Å². The first-order valence-corrected chi connectivity index (χ1v) is 10.5. The number of likely N-dealkylation sites (tertiary alicyclic amines) is 1. The number of nitrogens with one attached hydrogen (secondary N) is 1. The number of rotatable bonds is 4. The first kappa shape index (κ1) is 20.5. The van der Waals surface area contributed by atoms with Crippen LogP contribution in [-0.2, 0) is 0 Å². The van der Waals surface area contributed by atoms with Gasteiger partial charge in [0.15, 0.2) is 5.82 Å². The van der Waals surface area contributed by atoms with Crippen LogP contribution in [0.5, 0.6) is 0 Å². The van der Waals surface area contributed by atoms with Crippen LogP contribution in [0.4, 0.5) is 10.2 Å². The summed E-state index contributed by atoms with van der Waals surface area (Å²) < 4.78 is 13.4. The number of piperidine rings is 1. The molecule has 0 unspecified atom stereocenters. The van der Waals surface area contributed by atoms with E-state index in [4.69, 9.17) is 5.10 Å². The number of pyridine rings is 1. The maximum absolute atomic E-state index is 13.4. The van der Waals surface area contributed by atoms with Crippen molar-refractivity contribution in [2.75, 3.05) is 31.1 Å². The Morgan fingerprint density at radius 3 is 2.20 bits per heavy atom. The molecule has 2 fully saturated rings. The molecule has 0 spiro atoms. The first-order valence-electron chi connectivity index (χ1n) is 10.5. The standard InChI is InChI=1S/C23H26FN5.CH4/c24-19-5-3-18(4-6-19)22-21(17-7-11-25-12-8-17)23(27-26-22)29-15-9-20(10-16-29)28-13-1-2-14-28;/h3-8,11-12,20H,1-2,9-10,13-16H2,(H,26,27);1H4. The van der Waals surface area contributed by atoms with Crippen molar-refractivity contribution in [2.24, 2.45) is 0 Å². The van der Waals surface area contributed by atoms with Crippen LogP contribution in [0, 0.1) is 5.82 Å². The third kappa shape index (κ3) is 3.97. The van der Waals surface area contributed by atoms with E-state index >= 15 is 0 Å². The molecule has 2 saturated heterocycles. The maximum atomic E-state index is 13.4. The number of H-pyrrole nitrogens is 1. The Bertz CT molecular complexity index is 939. The second-order valence-electron chi connectivity index (χ2n) is 8.00. The molecule has 3 aromatic rings. The van der Waals surface area contributed by atoms with E-state index in [0.717, 1.165) is 41.3 Å². The molecule has 1 aromatic carbocycles. The molecule has 0 aliphatic carbocycles. The Hall–Kier alpha value is -2.73. The fourth-order valence-corrected chi connectivity index (χ4v) is 4.73. The highest BCUT2D eigenvalue weighted by Gasteiger charge is 2.29. The van der Waals surface area contributed by atoms with Gasteiger partial charge in [-0.15, -0.1) is 0 Å². The number of hydrogen-bond donors (Lipinski definition) is 1. The van der Waals surface area contributed by atoms with E-state index in [1.807, 2.05) is 12.1 Å². The quantitative estimate of drug-likeness (QED) is 0.663. The Morgan fingerprint density at radius 2 is 1.53 bits per heavy atom. The van der Waals surface area contributed by atoms with E-state index < -0.39 is 0 Å². The minimum Gasteiger partial charge on any atom is -0.355 e. The summed E-state index contributed by atoms with van der Waals surface area (Å²) in [7, 11) is 0. The minimum absolute atomic E-state index is 0. The summed E-state index contributed by atoms with van der Waals surface area (Å²) in [6.07, 6.45) is 8.64. The summed E-state index contributed by atoms with van der Waals surface area (Å²) >= 11 is 0. The van der Waals surface area contributed by atoms with Gasteiger partial charge in [0.1, 0.15) is 5.82 Å². The predicted molar refractivity (Wildman–Crippen MR) is 120 cm³/mol. The minimum atomic E-state index is -0.233. The van der Waals surface area contributed by atoms with Crippen LogP contribution in [0.25, 0.3) is 22.4 Å². The molecule has 0 amide bonds. The van der Waals surface area contributed by atoms with Crippen LogP contribution in [-0.4, -0.2) is 52.3 Å².